The number of carbonyl (C=O) groups excluding carboxylic acids is 4. The van der Waals surface area contributed by atoms with Crippen molar-refractivity contribution in [1.82, 2.24) is 15.2 Å². The zero-order valence-electron chi connectivity index (χ0n) is 22.4. The lowest BCUT2D eigenvalue weighted by molar-refractivity contribution is -0.169. The van der Waals surface area contributed by atoms with Crippen LogP contribution in [0, 0.1) is 5.82 Å². The van der Waals surface area contributed by atoms with Gasteiger partial charge < -0.3 is 35.2 Å². The standard InChI is InChI=1S/C25H26FN5O9S2/c1-11(2)38-25(35)40-12(3)39-23(34)19-13(8-37-15-6-4-5-14(26)7-15)9-41-22-18(21(33)31(19)22)29-20(32)17(30-36)16-10-42-24(27)28-16/h4-7,10-12,18,22,36H,8-9H2,1-3H3,(H2,27,28)(H,29,32)/t12?,18?,22-/m0/s1. The van der Waals surface area contributed by atoms with E-state index < -0.39 is 59.3 Å². The van der Waals surface area contributed by atoms with Gasteiger partial charge in [-0.25, -0.2) is 19.0 Å². The fourth-order valence-electron chi connectivity index (χ4n) is 3.92. The topological polar surface area (TPSA) is 192 Å². The van der Waals surface area contributed by atoms with Gasteiger partial charge in [-0.05, 0) is 26.0 Å². The number of nitrogens with two attached hydrogens (primary N) is 1. The number of benzene rings is 1. The Labute approximate surface area is 246 Å². The maximum atomic E-state index is 13.6. The summed E-state index contributed by atoms with van der Waals surface area (Å²) < 4.78 is 34.4. The molecule has 2 aliphatic heterocycles. The number of nitrogens with zero attached hydrogens (tertiary/aromatic N) is 3. The third-order valence-corrected chi connectivity index (χ3v) is 7.70. The first-order valence-corrected chi connectivity index (χ1v) is 14.3. The SMILES string of the molecule is CC(C)OC(=O)OC(C)OC(=O)C1=C(COc2cccc(F)c2)CS[C@H]2C(NC(=O)C(=NO)c3csc(N)n3)C(=O)N12. The van der Waals surface area contributed by atoms with E-state index >= 15 is 0 Å². The summed E-state index contributed by atoms with van der Waals surface area (Å²) in [6, 6.07) is 4.27. The molecular formula is C25H26FN5O9S2. The van der Waals surface area contributed by atoms with Crippen molar-refractivity contribution in [2.45, 2.75) is 44.6 Å². The lowest BCUT2D eigenvalue weighted by Crippen LogP contribution is -2.71. The van der Waals surface area contributed by atoms with Gasteiger partial charge in [0.1, 0.15) is 41.0 Å². The van der Waals surface area contributed by atoms with Gasteiger partial charge in [0.25, 0.3) is 11.8 Å². The van der Waals surface area contributed by atoms with E-state index in [-0.39, 0.29) is 34.6 Å². The fraction of sp³-hybridized carbons (Fsp3) is 0.360. The highest BCUT2D eigenvalue weighted by molar-refractivity contribution is 8.00. The summed E-state index contributed by atoms with van der Waals surface area (Å²) in [4.78, 5) is 56.3. The number of fused-ring (bicyclic) bond motifs is 1. The summed E-state index contributed by atoms with van der Waals surface area (Å²) >= 11 is 2.25. The van der Waals surface area contributed by atoms with Crippen LogP contribution >= 0.6 is 23.1 Å². The van der Waals surface area contributed by atoms with Crippen LogP contribution in [0.15, 0.2) is 46.1 Å². The fourth-order valence-corrected chi connectivity index (χ4v) is 5.79. The van der Waals surface area contributed by atoms with Crippen LogP contribution in [0.1, 0.15) is 26.5 Å². The number of esters is 1. The molecule has 224 valence electrons. The zero-order chi connectivity index (χ0) is 30.6. The van der Waals surface area contributed by atoms with Gasteiger partial charge in [0.15, 0.2) is 10.8 Å². The molecule has 1 saturated heterocycles. The molecule has 1 aromatic carbocycles. The maximum Gasteiger partial charge on any atom is 0.511 e. The first-order chi connectivity index (χ1) is 20.0. The van der Waals surface area contributed by atoms with Crippen LogP contribution in [0.25, 0.3) is 0 Å². The Morgan fingerprint density at radius 3 is 2.67 bits per heavy atom. The number of hydrogen-bond acceptors (Lipinski definition) is 14. The molecule has 4 N–H and O–H groups in total. The van der Waals surface area contributed by atoms with Gasteiger partial charge in [-0.3, -0.25) is 14.5 Å². The van der Waals surface area contributed by atoms with Gasteiger partial charge in [-0.2, -0.15) is 0 Å². The number of carbonyl (C=O) groups is 4. The predicted octanol–water partition coefficient (Wildman–Crippen LogP) is 2.23. The van der Waals surface area contributed by atoms with E-state index in [9.17, 15) is 28.8 Å². The molecule has 2 aromatic rings. The molecule has 2 aliphatic rings. The number of anilines is 1. The Balaban J connectivity index is 1.53. The highest BCUT2D eigenvalue weighted by atomic mass is 32.2. The molecule has 2 unspecified atom stereocenters. The minimum Gasteiger partial charge on any atom is -0.489 e. The molecule has 4 rings (SSSR count). The second kappa shape index (κ2) is 13.1. The number of nitrogens with one attached hydrogen (secondary N) is 1. The average molecular weight is 624 g/mol. The maximum absolute atomic E-state index is 13.6. The predicted molar refractivity (Wildman–Crippen MR) is 147 cm³/mol. The van der Waals surface area contributed by atoms with Crippen molar-refractivity contribution >= 4 is 57.9 Å². The Kier molecular flexibility index (Phi) is 9.52. The lowest BCUT2D eigenvalue weighted by atomic mass is 10.0. The van der Waals surface area contributed by atoms with Crippen molar-refractivity contribution in [3.8, 4) is 5.75 Å². The Morgan fingerprint density at radius 1 is 1.26 bits per heavy atom. The third kappa shape index (κ3) is 6.91. The first-order valence-electron chi connectivity index (χ1n) is 12.4. The summed E-state index contributed by atoms with van der Waals surface area (Å²) in [5, 5.41) is 15.7. The molecule has 1 aromatic heterocycles. The summed E-state index contributed by atoms with van der Waals surface area (Å²) in [7, 11) is 0. The molecule has 0 radical (unpaired) electrons. The van der Waals surface area contributed by atoms with E-state index in [4.69, 9.17) is 24.7 Å². The molecule has 14 nitrogen and oxygen atoms in total. The van der Waals surface area contributed by atoms with Crippen molar-refractivity contribution in [2.24, 2.45) is 5.16 Å². The molecular weight excluding hydrogens is 597 g/mol. The minimum absolute atomic E-state index is 0.0170. The number of thioether (sulfide) groups is 1. The van der Waals surface area contributed by atoms with Crippen LogP contribution in [-0.4, -0.2) is 80.9 Å². The van der Waals surface area contributed by atoms with E-state index in [1.807, 2.05) is 0 Å². The highest BCUT2D eigenvalue weighted by Gasteiger charge is 2.55. The number of amides is 2. The molecule has 0 bridgehead atoms. The van der Waals surface area contributed by atoms with Crippen LogP contribution < -0.4 is 15.8 Å². The number of aromatic nitrogens is 1. The summed E-state index contributed by atoms with van der Waals surface area (Å²) in [6.45, 7) is 4.31. The van der Waals surface area contributed by atoms with Gasteiger partial charge in [-0.15, -0.1) is 23.1 Å². The normalized spacial score (nSPS) is 19.0. The molecule has 0 spiro atoms. The van der Waals surface area contributed by atoms with E-state index in [1.165, 1.54) is 42.3 Å². The largest absolute Gasteiger partial charge is 0.511 e. The Bertz CT molecular complexity index is 1450. The van der Waals surface area contributed by atoms with Crippen molar-refractivity contribution in [2.75, 3.05) is 18.1 Å². The average Bonchev–Trinajstić information content (AvgIpc) is 3.35. The van der Waals surface area contributed by atoms with E-state index in [0.29, 0.717) is 5.57 Å². The van der Waals surface area contributed by atoms with Crippen molar-refractivity contribution in [3.63, 3.8) is 0 Å². The number of oxime groups is 1. The molecule has 42 heavy (non-hydrogen) atoms. The van der Waals surface area contributed by atoms with Crippen LogP contribution in [0.5, 0.6) is 5.75 Å². The second-order valence-corrected chi connectivity index (χ2v) is 11.1. The van der Waals surface area contributed by atoms with Crippen molar-refractivity contribution in [1.29, 1.82) is 0 Å². The second-order valence-electron chi connectivity index (χ2n) is 9.09. The van der Waals surface area contributed by atoms with E-state index in [2.05, 4.69) is 15.5 Å². The van der Waals surface area contributed by atoms with E-state index in [1.54, 1.807) is 13.8 Å². The van der Waals surface area contributed by atoms with Gasteiger partial charge in [0.2, 0.25) is 6.29 Å². The molecule has 0 aliphatic carbocycles. The van der Waals surface area contributed by atoms with Crippen molar-refractivity contribution in [3.05, 3.63) is 52.4 Å². The molecule has 1 fully saturated rings. The number of halogens is 1. The van der Waals surface area contributed by atoms with Gasteiger partial charge in [0.05, 0.1) is 6.10 Å². The van der Waals surface area contributed by atoms with Gasteiger partial charge >= 0.3 is 12.1 Å². The zero-order valence-corrected chi connectivity index (χ0v) is 24.1. The van der Waals surface area contributed by atoms with Crippen LogP contribution in [-0.2, 0) is 28.6 Å². The summed E-state index contributed by atoms with van der Waals surface area (Å²) in [5.41, 5.74) is 5.31. The molecule has 3 heterocycles. The highest BCUT2D eigenvalue weighted by Crippen LogP contribution is 2.41. The molecule has 2 amide bonds. The number of β-lactam (4-membered cyclic amide) rings is 1. The number of ether oxygens (including phenoxy) is 4. The van der Waals surface area contributed by atoms with Crippen molar-refractivity contribution < 1.29 is 47.7 Å². The first kappa shape index (κ1) is 30.6. The van der Waals surface area contributed by atoms with Gasteiger partial charge in [-0.1, -0.05) is 11.2 Å². The number of thiazole rings is 1. The molecule has 3 atom stereocenters. The quantitative estimate of drug-likeness (QED) is 0.0874. The monoisotopic (exact) mass is 623 g/mol. The minimum atomic E-state index is -1.38. The Hall–Kier alpha value is -4.38. The number of hydrogen-bond donors (Lipinski definition) is 3. The van der Waals surface area contributed by atoms with Crippen LogP contribution in [0.2, 0.25) is 0 Å². The summed E-state index contributed by atoms with van der Waals surface area (Å²) in [5.74, 6) is -2.74. The lowest BCUT2D eigenvalue weighted by Gasteiger charge is -2.49. The number of nitrogen functional groups attached to an aromatic ring is 1. The van der Waals surface area contributed by atoms with E-state index in [0.717, 1.165) is 22.3 Å². The van der Waals surface area contributed by atoms with Crippen LogP contribution in [0.4, 0.5) is 14.3 Å². The summed E-state index contributed by atoms with van der Waals surface area (Å²) in [6.07, 6.45) is -2.91. The number of rotatable bonds is 10. The Morgan fingerprint density at radius 2 is 2.02 bits per heavy atom. The third-order valence-electron chi connectivity index (χ3n) is 5.68. The molecule has 0 saturated carbocycles. The smallest absolute Gasteiger partial charge is 0.489 e. The van der Waals surface area contributed by atoms with Gasteiger partial charge in [0, 0.05) is 29.7 Å². The van der Waals surface area contributed by atoms with Crippen LogP contribution in [0.3, 0.4) is 0 Å². The molecule has 17 heteroatoms.